The lowest BCUT2D eigenvalue weighted by molar-refractivity contribution is 0.447. The van der Waals surface area contributed by atoms with Gasteiger partial charge in [-0.15, -0.1) is 0 Å². The number of para-hydroxylation sites is 1. The summed E-state index contributed by atoms with van der Waals surface area (Å²) in [7, 11) is 0. The molecule has 0 fully saturated rings. The van der Waals surface area contributed by atoms with Gasteiger partial charge in [-0.1, -0.05) is 25.1 Å². The molecule has 0 saturated heterocycles. The van der Waals surface area contributed by atoms with E-state index in [1.807, 2.05) is 31.3 Å². The number of aromatic nitrogens is 3. The van der Waals surface area contributed by atoms with Crippen molar-refractivity contribution < 1.29 is 5.11 Å². The zero-order valence-corrected chi connectivity index (χ0v) is 14.1. The molecule has 0 aliphatic carbocycles. The third-order valence-corrected chi connectivity index (χ3v) is 4.26. The van der Waals surface area contributed by atoms with E-state index in [1.54, 1.807) is 6.92 Å². The summed E-state index contributed by atoms with van der Waals surface area (Å²) in [6, 6.07) is 8.00. The molecule has 1 atom stereocenters. The highest BCUT2D eigenvalue weighted by Crippen LogP contribution is 2.21. The number of aromatic amines is 3. The number of aliphatic imine (C=N–C) groups is 1. The van der Waals surface area contributed by atoms with E-state index in [2.05, 4.69) is 26.0 Å². The normalized spacial score (nSPS) is 13.3. The van der Waals surface area contributed by atoms with Gasteiger partial charge in [0.2, 0.25) is 5.88 Å². The van der Waals surface area contributed by atoms with Crippen molar-refractivity contribution in [1.29, 1.82) is 0 Å². The van der Waals surface area contributed by atoms with Gasteiger partial charge in [0.1, 0.15) is 5.56 Å². The SMILES string of the molecule is CC[C@@H](Cc1c[nH]c2ccccc12)N=C(C)c1c(O)[nH]c(=O)[nH]c1=O. The molecule has 0 amide bonds. The van der Waals surface area contributed by atoms with Gasteiger partial charge in [-0.25, -0.2) is 4.79 Å². The molecule has 7 nitrogen and oxygen atoms in total. The Morgan fingerprint density at radius 1 is 1.24 bits per heavy atom. The topological polar surface area (TPSA) is 114 Å². The molecule has 0 unspecified atom stereocenters. The van der Waals surface area contributed by atoms with Crippen LogP contribution in [-0.2, 0) is 6.42 Å². The van der Waals surface area contributed by atoms with Crippen molar-refractivity contribution in [2.24, 2.45) is 4.99 Å². The minimum atomic E-state index is -0.745. The second kappa shape index (κ2) is 6.80. The van der Waals surface area contributed by atoms with E-state index in [1.165, 1.54) is 0 Å². The molecule has 2 heterocycles. The smallest absolute Gasteiger partial charge is 0.328 e. The fourth-order valence-corrected chi connectivity index (χ4v) is 2.98. The molecular weight excluding hydrogens is 320 g/mol. The third-order valence-electron chi connectivity index (χ3n) is 4.26. The minimum absolute atomic E-state index is 0.00280. The van der Waals surface area contributed by atoms with Gasteiger partial charge in [0.15, 0.2) is 0 Å². The number of nitrogens with zero attached hydrogens (tertiary/aromatic N) is 1. The molecule has 0 radical (unpaired) electrons. The quantitative estimate of drug-likeness (QED) is 0.533. The number of benzene rings is 1. The van der Waals surface area contributed by atoms with Crippen molar-refractivity contribution in [1.82, 2.24) is 15.0 Å². The minimum Gasteiger partial charge on any atom is -0.494 e. The maximum Gasteiger partial charge on any atom is 0.328 e. The van der Waals surface area contributed by atoms with Gasteiger partial charge in [-0.3, -0.25) is 19.8 Å². The van der Waals surface area contributed by atoms with E-state index in [0.717, 1.165) is 22.9 Å². The average molecular weight is 340 g/mol. The zero-order valence-electron chi connectivity index (χ0n) is 14.1. The van der Waals surface area contributed by atoms with Gasteiger partial charge in [-0.2, -0.15) is 0 Å². The van der Waals surface area contributed by atoms with E-state index in [-0.39, 0.29) is 11.6 Å². The Kier molecular flexibility index (Phi) is 4.56. The van der Waals surface area contributed by atoms with Gasteiger partial charge in [-0.05, 0) is 31.4 Å². The number of rotatable bonds is 5. The number of hydrogen-bond acceptors (Lipinski definition) is 4. The van der Waals surface area contributed by atoms with Gasteiger partial charge in [0, 0.05) is 17.1 Å². The van der Waals surface area contributed by atoms with Crippen LogP contribution in [0.2, 0.25) is 0 Å². The predicted molar refractivity (Wildman–Crippen MR) is 97.6 cm³/mol. The van der Waals surface area contributed by atoms with Crippen molar-refractivity contribution in [3.05, 3.63) is 62.4 Å². The van der Waals surface area contributed by atoms with Crippen LogP contribution in [-0.4, -0.2) is 31.8 Å². The number of hydrogen-bond donors (Lipinski definition) is 4. The predicted octanol–water partition coefficient (Wildman–Crippen LogP) is 2.08. The van der Waals surface area contributed by atoms with Crippen molar-refractivity contribution in [3.8, 4) is 5.88 Å². The first-order valence-electron chi connectivity index (χ1n) is 8.15. The highest BCUT2D eigenvalue weighted by Gasteiger charge is 2.15. The van der Waals surface area contributed by atoms with E-state index >= 15 is 0 Å². The van der Waals surface area contributed by atoms with Crippen LogP contribution in [0.25, 0.3) is 10.9 Å². The molecule has 0 aliphatic rings. The van der Waals surface area contributed by atoms with Gasteiger partial charge >= 0.3 is 5.69 Å². The van der Waals surface area contributed by atoms with Crippen molar-refractivity contribution in [3.63, 3.8) is 0 Å². The lowest BCUT2D eigenvalue weighted by Crippen LogP contribution is -2.27. The molecule has 25 heavy (non-hydrogen) atoms. The first kappa shape index (κ1) is 16.8. The molecule has 3 rings (SSSR count). The van der Waals surface area contributed by atoms with Crippen molar-refractivity contribution in [2.45, 2.75) is 32.7 Å². The Hall–Kier alpha value is -3.09. The van der Waals surface area contributed by atoms with Crippen LogP contribution >= 0.6 is 0 Å². The maximum absolute atomic E-state index is 11.9. The van der Waals surface area contributed by atoms with Gasteiger partial charge < -0.3 is 10.1 Å². The Morgan fingerprint density at radius 2 is 2.00 bits per heavy atom. The fourth-order valence-electron chi connectivity index (χ4n) is 2.98. The molecular formula is C18H20N4O3. The van der Waals surface area contributed by atoms with Crippen molar-refractivity contribution >= 4 is 16.6 Å². The van der Waals surface area contributed by atoms with Crippen LogP contribution in [0.4, 0.5) is 0 Å². The number of nitrogens with one attached hydrogen (secondary N) is 3. The Labute approximate surface area is 143 Å². The first-order chi connectivity index (χ1) is 12.0. The molecule has 1 aromatic carbocycles. The van der Waals surface area contributed by atoms with Crippen LogP contribution < -0.4 is 11.2 Å². The molecule has 4 N–H and O–H groups in total. The second-order valence-corrected chi connectivity index (χ2v) is 5.97. The Morgan fingerprint density at radius 3 is 2.72 bits per heavy atom. The second-order valence-electron chi connectivity index (χ2n) is 5.97. The lowest BCUT2D eigenvalue weighted by Gasteiger charge is -2.12. The van der Waals surface area contributed by atoms with E-state index in [0.29, 0.717) is 12.1 Å². The molecule has 7 heteroatoms. The molecule has 0 spiro atoms. The summed E-state index contributed by atoms with van der Waals surface area (Å²) in [5.41, 5.74) is 1.22. The molecule has 130 valence electrons. The van der Waals surface area contributed by atoms with Crippen LogP contribution in [0, 0.1) is 0 Å². The lowest BCUT2D eigenvalue weighted by atomic mass is 10.0. The van der Waals surface area contributed by atoms with E-state index in [4.69, 9.17) is 0 Å². The van der Waals surface area contributed by atoms with Gasteiger partial charge in [0.05, 0.1) is 11.8 Å². The monoisotopic (exact) mass is 340 g/mol. The summed E-state index contributed by atoms with van der Waals surface area (Å²) in [6.07, 6.45) is 3.46. The van der Waals surface area contributed by atoms with Crippen LogP contribution in [0.15, 0.2) is 45.0 Å². The number of fused-ring (bicyclic) bond motifs is 1. The summed E-state index contributed by atoms with van der Waals surface area (Å²) < 4.78 is 0. The third kappa shape index (κ3) is 3.40. The van der Waals surface area contributed by atoms with Crippen LogP contribution in [0.3, 0.4) is 0 Å². The summed E-state index contributed by atoms with van der Waals surface area (Å²) in [5, 5.41) is 11.0. The highest BCUT2D eigenvalue weighted by atomic mass is 16.3. The molecule has 0 saturated carbocycles. The maximum atomic E-state index is 11.9. The largest absolute Gasteiger partial charge is 0.494 e. The van der Waals surface area contributed by atoms with Crippen LogP contribution in [0.5, 0.6) is 5.88 Å². The number of aromatic hydroxyl groups is 1. The van der Waals surface area contributed by atoms with Crippen molar-refractivity contribution in [2.75, 3.05) is 0 Å². The molecule has 2 aromatic heterocycles. The first-order valence-corrected chi connectivity index (χ1v) is 8.15. The number of H-pyrrole nitrogens is 3. The molecule has 3 aromatic rings. The fraction of sp³-hybridized carbons (Fsp3) is 0.278. The van der Waals surface area contributed by atoms with Crippen LogP contribution in [0.1, 0.15) is 31.4 Å². The summed E-state index contributed by atoms with van der Waals surface area (Å²) in [4.78, 5) is 35.3. The van der Waals surface area contributed by atoms with E-state index < -0.39 is 17.1 Å². The highest BCUT2D eigenvalue weighted by molar-refractivity contribution is 6.00. The molecule has 0 bridgehead atoms. The zero-order chi connectivity index (χ0) is 18.0. The standard InChI is InChI=1S/C18H20N4O3/c1-3-12(8-11-9-19-14-7-5-4-6-13(11)14)20-10(2)15-16(23)21-18(25)22-17(15)24/h4-7,9,12,19H,3,8H2,1-2H3,(H3,21,22,23,24,25)/t12-/m0/s1. The Bertz CT molecular complexity index is 1040. The summed E-state index contributed by atoms with van der Waals surface area (Å²) in [5.74, 6) is -0.461. The van der Waals surface area contributed by atoms with Gasteiger partial charge in [0.25, 0.3) is 5.56 Å². The van der Waals surface area contributed by atoms with E-state index in [9.17, 15) is 14.7 Å². The average Bonchev–Trinajstić information content (AvgIpc) is 2.96. The Balaban J connectivity index is 1.92. The summed E-state index contributed by atoms with van der Waals surface area (Å²) in [6.45, 7) is 3.67. The summed E-state index contributed by atoms with van der Waals surface area (Å²) >= 11 is 0. The molecule has 0 aliphatic heterocycles.